The van der Waals surface area contributed by atoms with Crippen molar-refractivity contribution >= 4 is 17.5 Å². The molecule has 1 aliphatic rings. The molecule has 4 aromatic rings. The Morgan fingerprint density at radius 3 is 2.79 bits per heavy atom. The van der Waals surface area contributed by atoms with Gasteiger partial charge in [0.15, 0.2) is 11.6 Å². The molecule has 5 rings (SSSR count). The summed E-state index contributed by atoms with van der Waals surface area (Å²) in [6, 6.07) is 5.23. The van der Waals surface area contributed by atoms with Gasteiger partial charge in [-0.15, -0.1) is 0 Å². The van der Waals surface area contributed by atoms with E-state index in [1.165, 1.54) is 15.3 Å². The number of pyridine rings is 3. The van der Waals surface area contributed by atoms with Gasteiger partial charge < -0.3 is 10.1 Å². The highest BCUT2D eigenvalue weighted by Crippen LogP contribution is 2.35. The normalized spacial score (nSPS) is 17.8. The van der Waals surface area contributed by atoms with Crippen molar-refractivity contribution in [1.29, 1.82) is 0 Å². The first kappa shape index (κ1) is 23.8. The molecule has 39 heavy (non-hydrogen) atoms. The van der Waals surface area contributed by atoms with Gasteiger partial charge in [0.1, 0.15) is 40.5 Å². The minimum Gasteiger partial charge on any atom is -0.485 e. The molecule has 9 nitrogen and oxygen atoms in total. The summed E-state index contributed by atoms with van der Waals surface area (Å²) in [4.78, 5) is 32.8. The predicted molar refractivity (Wildman–Crippen MR) is 139 cm³/mol. The Labute approximate surface area is 229 Å². The fourth-order valence-electron chi connectivity index (χ4n) is 4.42. The number of allylic oxidation sites excluding steroid dienone is 1. The molecule has 0 aliphatic carbocycles. The minimum absolute atomic E-state index is 0.324. The molecule has 1 atom stereocenters. The van der Waals surface area contributed by atoms with Crippen LogP contribution in [-0.4, -0.2) is 36.8 Å². The van der Waals surface area contributed by atoms with Crippen molar-refractivity contribution in [1.82, 2.24) is 29.6 Å². The van der Waals surface area contributed by atoms with Crippen molar-refractivity contribution in [3.05, 3.63) is 98.2 Å². The Morgan fingerprint density at radius 1 is 1.26 bits per heavy atom. The Morgan fingerprint density at radius 2 is 2.05 bits per heavy atom. The van der Waals surface area contributed by atoms with Gasteiger partial charge in [-0.05, 0) is 38.8 Å². The molecule has 4 aromatic heterocycles. The van der Waals surface area contributed by atoms with Crippen LogP contribution in [0.5, 0.6) is 5.75 Å². The van der Waals surface area contributed by atoms with E-state index < -0.39 is 39.9 Å². The molecule has 0 saturated carbocycles. The van der Waals surface area contributed by atoms with Gasteiger partial charge in [-0.1, -0.05) is 11.6 Å². The first-order valence-electron chi connectivity index (χ1n) is 12.8. The maximum absolute atomic E-state index is 14.2. The summed E-state index contributed by atoms with van der Waals surface area (Å²) >= 11 is 6.33. The molecule has 0 bridgehead atoms. The predicted octanol–water partition coefficient (Wildman–Crippen LogP) is 3.91. The van der Waals surface area contributed by atoms with Crippen molar-refractivity contribution in [3.63, 3.8) is 0 Å². The van der Waals surface area contributed by atoms with Crippen LogP contribution in [0.1, 0.15) is 38.7 Å². The zero-order valence-electron chi connectivity index (χ0n) is 23.1. The van der Waals surface area contributed by atoms with Gasteiger partial charge in [-0.3, -0.25) is 14.3 Å². The minimum atomic E-state index is -2.87. The molecule has 1 N–H and O–H groups in total. The maximum atomic E-state index is 14.2. The van der Waals surface area contributed by atoms with Crippen LogP contribution >= 0.6 is 11.6 Å². The van der Waals surface area contributed by atoms with Crippen LogP contribution < -0.4 is 15.6 Å². The number of aryl methyl sites for hydroxylation is 2. The van der Waals surface area contributed by atoms with Crippen molar-refractivity contribution < 1.29 is 21.1 Å². The molecule has 0 spiro atoms. The van der Waals surface area contributed by atoms with Crippen LogP contribution in [0.2, 0.25) is 5.02 Å². The van der Waals surface area contributed by atoms with E-state index >= 15 is 0 Å². The lowest BCUT2D eigenvalue weighted by Crippen LogP contribution is -2.24. The monoisotopic (exact) mass is 554 g/mol. The summed E-state index contributed by atoms with van der Waals surface area (Å²) < 4.78 is 51.9. The van der Waals surface area contributed by atoms with E-state index in [1.807, 2.05) is 12.9 Å². The van der Waals surface area contributed by atoms with Crippen LogP contribution in [-0.2, 0) is 16.8 Å². The summed E-state index contributed by atoms with van der Waals surface area (Å²) in [7, 11) is 0. The Hall–Kier alpha value is -4.34. The van der Waals surface area contributed by atoms with Crippen molar-refractivity contribution in [2.45, 2.75) is 39.2 Å². The number of aromatic nitrogens is 5. The average Bonchev–Trinajstić information content (AvgIpc) is 3.55. The van der Waals surface area contributed by atoms with Crippen LogP contribution in [0.4, 0.5) is 8.78 Å². The molecule has 0 unspecified atom stereocenters. The van der Waals surface area contributed by atoms with Crippen LogP contribution in [0.3, 0.4) is 0 Å². The van der Waals surface area contributed by atoms with E-state index in [2.05, 4.69) is 20.4 Å². The molecule has 1 aliphatic heterocycles. The highest BCUT2D eigenvalue weighted by molar-refractivity contribution is 6.31. The molecule has 200 valence electrons. The van der Waals surface area contributed by atoms with Gasteiger partial charge in [0.25, 0.3) is 5.56 Å². The first-order valence-corrected chi connectivity index (χ1v) is 12.2. The van der Waals surface area contributed by atoms with Gasteiger partial charge >= 0.3 is 0 Å². The van der Waals surface area contributed by atoms with E-state index in [0.29, 0.717) is 59.4 Å². The van der Waals surface area contributed by atoms with Gasteiger partial charge in [0.05, 0.1) is 25.7 Å². The molecule has 1 fully saturated rings. The second kappa shape index (κ2) is 10.1. The fourth-order valence-corrected chi connectivity index (χ4v) is 4.60. The molecular weight excluding hydrogens is 530 g/mol. The van der Waals surface area contributed by atoms with Crippen molar-refractivity contribution in [2.75, 3.05) is 6.54 Å². The quantitative estimate of drug-likeness (QED) is 0.360. The number of rotatable bonds is 6. The van der Waals surface area contributed by atoms with Crippen LogP contribution in [0.15, 0.2) is 53.3 Å². The highest BCUT2D eigenvalue weighted by atomic mass is 35.5. The summed E-state index contributed by atoms with van der Waals surface area (Å²) in [6.45, 7) is 3.00. The lowest BCUT2D eigenvalue weighted by molar-refractivity contribution is 0.292. The number of nitrogens with zero attached hydrogens (tertiary/aromatic N) is 5. The van der Waals surface area contributed by atoms with E-state index in [-0.39, 0.29) is 5.75 Å². The summed E-state index contributed by atoms with van der Waals surface area (Å²) in [5.41, 5.74) is 0.325. The Bertz CT molecular complexity index is 1800. The number of ether oxygens (including phenoxy) is 1. The zero-order valence-corrected chi connectivity index (χ0v) is 21.8. The molecule has 0 radical (unpaired) electrons. The molecule has 5 heterocycles. The highest BCUT2D eigenvalue weighted by Gasteiger charge is 2.39. The topological polar surface area (TPSA) is 104 Å². The first-order chi connectivity index (χ1) is 19.4. The van der Waals surface area contributed by atoms with Crippen molar-refractivity contribution in [3.8, 4) is 17.3 Å². The SMILES string of the molecule is [2H]C([2H])(Oc1cc(C)n(-c2cc(-n3ccc([C@@]4(C)CCNC4=C=O)n3)ncc2C)c(=O)c1Cl)c1ncc(F)cc1F. The van der Waals surface area contributed by atoms with Gasteiger partial charge in [0.2, 0.25) is 0 Å². The number of halogens is 3. The van der Waals surface area contributed by atoms with Crippen LogP contribution in [0.25, 0.3) is 11.5 Å². The van der Waals surface area contributed by atoms with E-state index in [0.717, 1.165) is 0 Å². The number of carbonyl (C=O) groups excluding carboxylic acids is 1. The van der Waals surface area contributed by atoms with Gasteiger partial charge in [0, 0.05) is 42.8 Å². The summed E-state index contributed by atoms with van der Waals surface area (Å²) in [5.74, 6) is -0.234. The number of hydrogen-bond acceptors (Lipinski definition) is 7. The van der Waals surface area contributed by atoms with Crippen LogP contribution in [0, 0.1) is 25.5 Å². The Balaban J connectivity index is 1.52. The third kappa shape index (κ3) is 4.71. The number of hydrogen-bond donors (Lipinski definition) is 1. The fraction of sp³-hybridized carbons (Fsp3) is 0.259. The molecule has 12 heteroatoms. The molecule has 0 amide bonds. The maximum Gasteiger partial charge on any atom is 0.277 e. The summed E-state index contributed by atoms with van der Waals surface area (Å²) in [6.07, 6.45) is 4.59. The summed E-state index contributed by atoms with van der Waals surface area (Å²) in [5, 5.41) is 7.21. The zero-order chi connectivity index (χ0) is 29.7. The second-order valence-electron chi connectivity index (χ2n) is 9.25. The molecule has 0 aromatic carbocycles. The third-order valence-corrected chi connectivity index (χ3v) is 6.98. The lowest BCUT2D eigenvalue weighted by atomic mass is 9.83. The van der Waals surface area contributed by atoms with E-state index in [1.54, 1.807) is 38.4 Å². The number of nitrogens with one attached hydrogen (secondary N) is 1. The largest absolute Gasteiger partial charge is 0.485 e. The van der Waals surface area contributed by atoms with Crippen molar-refractivity contribution in [2.24, 2.45) is 0 Å². The third-order valence-electron chi connectivity index (χ3n) is 6.64. The Kier molecular flexibility index (Phi) is 6.14. The van der Waals surface area contributed by atoms with Gasteiger partial charge in [-0.2, -0.15) is 5.10 Å². The second-order valence-corrected chi connectivity index (χ2v) is 9.63. The smallest absolute Gasteiger partial charge is 0.277 e. The van der Waals surface area contributed by atoms with E-state index in [9.17, 15) is 18.4 Å². The standard InChI is InChI=1S/C27H23ClF2N6O3/c1-15-11-33-24(35-7-4-22(34-35)27(3)5-6-31-23(27)13-37)10-20(15)36-16(2)8-21(25(28)26(36)38)39-14-19-18(30)9-17(29)12-32-19/h4,7-12,31H,5-6,14H2,1-3H3/t27-/m1/s1/i14D2. The van der Waals surface area contributed by atoms with E-state index in [4.69, 9.17) is 19.1 Å². The lowest BCUT2D eigenvalue weighted by Gasteiger charge is -2.19. The van der Waals surface area contributed by atoms with Gasteiger partial charge in [-0.25, -0.2) is 23.2 Å². The average molecular weight is 555 g/mol. The molecule has 1 saturated heterocycles. The molecular formula is C27H23ClF2N6O3.